The predicted molar refractivity (Wildman–Crippen MR) is 91.6 cm³/mol. The Kier molecular flexibility index (Phi) is 11.1. The Bertz CT molecular complexity index is 427. The lowest BCUT2D eigenvalue weighted by Crippen LogP contribution is -1.99. The average Bonchev–Trinajstić information content (AvgIpc) is 2.47. The summed E-state index contributed by atoms with van der Waals surface area (Å²) in [6.07, 6.45) is 4.43. The molecule has 0 amide bonds. The second kappa shape index (κ2) is 11.6. The molecular formula is C18H29ClO2. The van der Waals surface area contributed by atoms with Crippen LogP contribution in [0.25, 0.3) is 0 Å². The van der Waals surface area contributed by atoms with Crippen molar-refractivity contribution in [3.05, 3.63) is 28.3 Å². The maximum absolute atomic E-state index is 10.9. The van der Waals surface area contributed by atoms with Crippen LogP contribution in [-0.2, 0) is 11.2 Å². The van der Waals surface area contributed by atoms with Gasteiger partial charge in [0.25, 0.3) is 0 Å². The van der Waals surface area contributed by atoms with Gasteiger partial charge in [0.1, 0.15) is 11.5 Å². The number of benzene rings is 1. The van der Waals surface area contributed by atoms with Crippen molar-refractivity contribution in [2.24, 2.45) is 0 Å². The maximum atomic E-state index is 10.9. The van der Waals surface area contributed by atoms with E-state index < -0.39 is 0 Å². The average molecular weight is 313 g/mol. The van der Waals surface area contributed by atoms with Gasteiger partial charge in [0, 0.05) is 6.42 Å². The van der Waals surface area contributed by atoms with Crippen LogP contribution in [0, 0.1) is 6.92 Å². The van der Waals surface area contributed by atoms with Gasteiger partial charge in [-0.2, -0.15) is 0 Å². The van der Waals surface area contributed by atoms with Gasteiger partial charge in [0.2, 0.25) is 0 Å². The van der Waals surface area contributed by atoms with Gasteiger partial charge in [-0.1, -0.05) is 38.4 Å². The molecule has 0 unspecified atom stereocenters. The van der Waals surface area contributed by atoms with Gasteiger partial charge in [-0.25, -0.2) is 0 Å². The van der Waals surface area contributed by atoms with Crippen molar-refractivity contribution in [3.63, 3.8) is 0 Å². The number of rotatable bonds is 8. The van der Waals surface area contributed by atoms with Crippen molar-refractivity contribution < 1.29 is 9.53 Å². The van der Waals surface area contributed by atoms with Crippen LogP contribution in [0.1, 0.15) is 64.5 Å². The molecule has 0 heterocycles. The molecule has 1 aromatic rings. The standard InChI is InChI=1S/C16H23ClO2.C2H6/c1-4-9-19-15-11-12(2)10-14(16(15)17)8-6-5-7-13(3)18;1-2/h10-11H,4-9H2,1-3H3;1-2H3. The zero-order chi connectivity index (χ0) is 16.3. The SMILES string of the molecule is CC.CCCOc1cc(C)cc(CCCCC(C)=O)c1Cl. The van der Waals surface area contributed by atoms with Crippen LogP contribution in [0.3, 0.4) is 0 Å². The molecule has 0 aromatic heterocycles. The van der Waals surface area contributed by atoms with E-state index in [2.05, 4.69) is 13.0 Å². The van der Waals surface area contributed by atoms with Gasteiger partial charge in [0.15, 0.2) is 0 Å². The second-order valence-corrected chi connectivity index (χ2v) is 5.37. The van der Waals surface area contributed by atoms with E-state index in [0.717, 1.165) is 47.6 Å². The van der Waals surface area contributed by atoms with Crippen LogP contribution in [0.15, 0.2) is 12.1 Å². The zero-order valence-electron chi connectivity index (χ0n) is 14.1. The van der Waals surface area contributed by atoms with Gasteiger partial charge in [-0.3, -0.25) is 0 Å². The Morgan fingerprint density at radius 2 is 1.90 bits per heavy atom. The predicted octanol–water partition coefficient (Wildman–Crippen LogP) is 5.77. The first kappa shape index (κ1) is 20.0. The van der Waals surface area contributed by atoms with E-state index in [0.29, 0.717) is 13.0 Å². The molecule has 0 radical (unpaired) electrons. The van der Waals surface area contributed by atoms with Crippen molar-refractivity contribution in [2.75, 3.05) is 6.61 Å². The Morgan fingerprint density at radius 1 is 1.24 bits per heavy atom. The molecular weight excluding hydrogens is 284 g/mol. The monoisotopic (exact) mass is 312 g/mol. The van der Waals surface area contributed by atoms with Gasteiger partial charge >= 0.3 is 0 Å². The van der Waals surface area contributed by atoms with Gasteiger partial charge in [-0.05, 0) is 56.7 Å². The second-order valence-electron chi connectivity index (χ2n) is 4.99. The quantitative estimate of drug-likeness (QED) is 0.570. The third-order valence-corrected chi connectivity index (χ3v) is 3.37. The molecule has 0 bridgehead atoms. The topological polar surface area (TPSA) is 26.3 Å². The molecule has 0 spiro atoms. The maximum Gasteiger partial charge on any atom is 0.138 e. The number of ketones is 1. The van der Waals surface area contributed by atoms with E-state index in [1.54, 1.807) is 6.92 Å². The normalized spacial score (nSPS) is 9.81. The number of unbranched alkanes of at least 4 members (excludes halogenated alkanes) is 1. The van der Waals surface area contributed by atoms with Crippen LogP contribution in [0.5, 0.6) is 5.75 Å². The zero-order valence-corrected chi connectivity index (χ0v) is 14.8. The first-order chi connectivity index (χ1) is 10.0. The molecule has 0 fully saturated rings. The smallest absolute Gasteiger partial charge is 0.138 e. The molecule has 120 valence electrons. The lowest BCUT2D eigenvalue weighted by atomic mass is 10.0. The Balaban J connectivity index is 0.00000191. The summed E-state index contributed by atoms with van der Waals surface area (Å²) in [6, 6.07) is 4.09. The lowest BCUT2D eigenvalue weighted by molar-refractivity contribution is -0.117. The molecule has 0 aliphatic carbocycles. The van der Waals surface area contributed by atoms with E-state index in [1.807, 2.05) is 26.8 Å². The summed E-state index contributed by atoms with van der Waals surface area (Å²) >= 11 is 6.37. The molecule has 0 aliphatic rings. The molecule has 0 saturated heterocycles. The number of hydrogen-bond donors (Lipinski definition) is 0. The van der Waals surface area contributed by atoms with Crippen LogP contribution >= 0.6 is 11.6 Å². The fourth-order valence-corrected chi connectivity index (χ4v) is 2.25. The number of halogens is 1. The summed E-state index contributed by atoms with van der Waals surface area (Å²) in [7, 11) is 0. The number of aryl methyl sites for hydroxylation is 2. The molecule has 1 aromatic carbocycles. The Morgan fingerprint density at radius 3 is 2.48 bits per heavy atom. The number of carbonyl (C=O) groups is 1. The van der Waals surface area contributed by atoms with E-state index >= 15 is 0 Å². The highest BCUT2D eigenvalue weighted by Gasteiger charge is 2.09. The van der Waals surface area contributed by atoms with Crippen molar-refractivity contribution in [1.29, 1.82) is 0 Å². The number of hydrogen-bond acceptors (Lipinski definition) is 2. The van der Waals surface area contributed by atoms with Crippen LogP contribution in [0.4, 0.5) is 0 Å². The van der Waals surface area contributed by atoms with Crippen molar-refractivity contribution >= 4 is 17.4 Å². The third kappa shape index (κ3) is 8.11. The van der Waals surface area contributed by atoms with E-state index in [-0.39, 0.29) is 5.78 Å². The molecule has 0 saturated carbocycles. The third-order valence-electron chi connectivity index (χ3n) is 2.95. The van der Waals surface area contributed by atoms with Crippen molar-refractivity contribution in [3.8, 4) is 5.75 Å². The fraction of sp³-hybridized carbons (Fsp3) is 0.611. The van der Waals surface area contributed by atoms with Crippen molar-refractivity contribution in [2.45, 2.75) is 66.7 Å². The van der Waals surface area contributed by atoms with Crippen LogP contribution < -0.4 is 4.74 Å². The molecule has 0 N–H and O–H groups in total. The van der Waals surface area contributed by atoms with Gasteiger partial charge in [-0.15, -0.1) is 0 Å². The summed E-state index contributed by atoms with van der Waals surface area (Å²) in [5.41, 5.74) is 2.29. The molecule has 21 heavy (non-hydrogen) atoms. The van der Waals surface area contributed by atoms with Gasteiger partial charge < -0.3 is 9.53 Å². The molecule has 2 nitrogen and oxygen atoms in total. The molecule has 1 rings (SSSR count). The Labute approximate surface area is 134 Å². The molecule has 0 atom stereocenters. The minimum atomic E-state index is 0.252. The summed E-state index contributed by atoms with van der Waals surface area (Å²) in [5, 5.41) is 0.724. The first-order valence-corrected chi connectivity index (χ1v) is 8.33. The highest BCUT2D eigenvalue weighted by atomic mass is 35.5. The molecule has 0 aliphatic heterocycles. The lowest BCUT2D eigenvalue weighted by Gasteiger charge is -2.12. The van der Waals surface area contributed by atoms with E-state index in [4.69, 9.17) is 16.3 Å². The highest BCUT2D eigenvalue weighted by molar-refractivity contribution is 6.32. The van der Waals surface area contributed by atoms with E-state index in [9.17, 15) is 4.79 Å². The van der Waals surface area contributed by atoms with Crippen molar-refractivity contribution in [1.82, 2.24) is 0 Å². The minimum absolute atomic E-state index is 0.252. The summed E-state index contributed by atoms with van der Waals surface area (Å²) < 4.78 is 5.67. The van der Waals surface area contributed by atoms with E-state index in [1.165, 1.54) is 0 Å². The highest BCUT2D eigenvalue weighted by Crippen LogP contribution is 2.31. The Hall–Kier alpha value is -1.02. The number of carbonyl (C=O) groups excluding carboxylic acids is 1. The van der Waals surface area contributed by atoms with Crippen LogP contribution in [0.2, 0.25) is 5.02 Å². The molecule has 3 heteroatoms. The van der Waals surface area contributed by atoms with Gasteiger partial charge in [0.05, 0.1) is 11.6 Å². The summed E-state index contributed by atoms with van der Waals surface area (Å²) in [5.74, 6) is 1.03. The largest absolute Gasteiger partial charge is 0.492 e. The first-order valence-electron chi connectivity index (χ1n) is 7.95. The number of Topliss-reactive ketones (excluding diaryl/α,β-unsaturated/α-hetero) is 1. The fourth-order valence-electron chi connectivity index (χ4n) is 2.00. The number of ether oxygens (including phenoxy) is 1. The minimum Gasteiger partial charge on any atom is -0.492 e. The van der Waals surface area contributed by atoms with Crippen LogP contribution in [-0.4, -0.2) is 12.4 Å². The summed E-state index contributed by atoms with van der Waals surface area (Å²) in [6.45, 7) is 10.4. The summed E-state index contributed by atoms with van der Waals surface area (Å²) in [4.78, 5) is 10.9.